The molecule has 0 saturated heterocycles. The molecule has 0 saturated carbocycles. The number of azo groups is 1. The number of methoxy groups -OCH3 is 1. The molecule has 0 aliphatic rings. The quantitative estimate of drug-likeness (QED) is 0.249. The lowest BCUT2D eigenvalue weighted by Gasteiger charge is -2.24. The van der Waals surface area contributed by atoms with E-state index in [0.717, 1.165) is 23.7 Å². The van der Waals surface area contributed by atoms with E-state index >= 15 is 0 Å². The Morgan fingerprint density at radius 1 is 1.04 bits per heavy atom. The summed E-state index contributed by atoms with van der Waals surface area (Å²) in [5, 5.41) is 12.8. The molecular formula is C20H29N5O2S. The van der Waals surface area contributed by atoms with Crippen LogP contribution in [-0.2, 0) is 4.84 Å². The molecule has 2 rings (SSSR count). The summed E-state index contributed by atoms with van der Waals surface area (Å²) >= 11 is 1.34. The van der Waals surface area contributed by atoms with Crippen molar-refractivity contribution in [2.24, 2.45) is 15.4 Å². The SMILES string of the molecule is CCCCN(CCCC)c1ccc(N=Nc2nc(OC)c(/C=N/OC)s2)cc1. The second kappa shape index (κ2) is 12.1. The fraction of sp³-hybridized carbons (Fsp3) is 0.500. The smallest absolute Gasteiger partial charge is 0.235 e. The number of benzene rings is 1. The van der Waals surface area contributed by atoms with E-state index in [1.165, 1.54) is 49.8 Å². The second-order valence-electron chi connectivity index (χ2n) is 6.20. The molecule has 0 unspecified atom stereocenters. The number of hydrogen-bond donors (Lipinski definition) is 0. The predicted molar refractivity (Wildman–Crippen MR) is 116 cm³/mol. The highest BCUT2D eigenvalue weighted by Crippen LogP contribution is 2.31. The second-order valence-corrected chi connectivity index (χ2v) is 7.21. The third-order valence-corrected chi connectivity index (χ3v) is 4.96. The molecule has 0 N–H and O–H groups in total. The van der Waals surface area contributed by atoms with E-state index in [-0.39, 0.29) is 0 Å². The van der Waals surface area contributed by atoms with Crippen LogP contribution < -0.4 is 9.64 Å². The first-order valence-electron chi connectivity index (χ1n) is 9.59. The Labute approximate surface area is 171 Å². The molecule has 1 heterocycles. The van der Waals surface area contributed by atoms with Crippen molar-refractivity contribution in [1.82, 2.24) is 4.98 Å². The number of unbranched alkanes of at least 4 members (excludes halogenated alkanes) is 2. The standard InChI is InChI=1S/C20H29N5O2S/c1-5-7-13-25(14-8-6-2)17-11-9-16(10-12-17)23-24-20-22-19(26-3)18(28-20)15-21-27-4/h9-12,15H,5-8,13-14H2,1-4H3/b21-15+,24-23?. The highest BCUT2D eigenvalue weighted by molar-refractivity contribution is 7.17. The van der Waals surface area contributed by atoms with Crippen LogP contribution in [0.15, 0.2) is 39.6 Å². The normalized spacial score (nSPS) is 11.4. The first-order chi connectivity index (χ1) is 13.7. The van der Waals surface area contributed by atoms with Crippen LogP contribution in [0.5, 0.6) is 5.88 Å². The Morgan fingerprint density at radius 2 is 1.71 bits per heavy atom. The molecule has 0 spiro atoms. The van der Waals surface area contributed by atoms with Crippen molar-refractivity contribution in [2.45, 2.75) is 39.5 Å². The molecule has 0 aliphatic heterocycles. The monoisotopic (exact) mass is 403 g/mol. The maximum atomic E-state index is 5.23. The van der Waals surface area contributed by atoms with E-state index < -0.39 is 0 Å². The minimum absolute atomic E-state index is 0.456. The van der Waals surface area contributed by atoms with Gasteiger partial charge in [-0.1, -0.05) is 43.2 Å². The fourth-order valence-electron chi connectivity index (χ4n) is 2.58. The number of ether oxygens (including phenoxy) is 1. The lowest BCUT2D eigenvalue weighted by Crippen LogP contribution is -2.25. The fourth-order valence-corrected chi connectivity index (χ4v) is 3.30. The first kappa shape index (κ1) is 21.8. The van der Waals surface area contributed by atoms with E-state index in [9.17, 15) is 0 Å². The van der Waals surface area contributed by atoms with Crippen LogP contribution in [0.4, 0.5) is 16.5 Å². The van der Waals surface area contributed by atoms with E-state index in [2.05, 4.69) is 51.2 Å². The lowest BCUT2D eigenvalue weighted by atomic mass is 10.2. The molecule has 0 aliphatic carbocycles. The molecule has 0 fully saturated rings. The van der Waals surface area contributed by atoms with Crippen molar-refractivity contribution in [1.29, 1.82) is 0 Å². The van der Waals surface area contributed by atoms with Crippen LogP contribution >= 0.6 is 11.3 Å². The van der Waals surface area contributed by atoms with E-state index in [1.807, 2.05) is 12.1 Å². The summed E-state index contributed by atoms with van der Waals surface area (Å²) in [6.07, 6.45) is 6.34. The van der Waals surface area contributed by atoms with Crippen molar-refractivity contribution >= 4 is 34.1 Å². The van der Waals surface area contributed by atoms with Gasteiger partial charge in [-0.3, -0.25) is 0 Å². The zero-order chi connectivity index (χ0) is 20.2. The van der Waals surface area contributed by atoms with Crippen molar-refractivity contribution in [3.05, 3.63) is 29.1 Å². The molecule has 7 nitrogen and oxygen atoms in total. The highest BCUT2D eigenvalue weighted by Gasteiger charge is 2.10. The molecule has 8 heteroatoms. The summed E-state index contributed by atoms with van der Waals surface area (Å²) < 4.78 is 5.23. The van der Waals surface area contributed by atoms with Gasteiger partial charge < -0.3 is 14.5 Å². The number of rotatable bonds is 12. The predicted octanol–water partition coefficient (Wildman–Crippen LogP) is 5.95. The Morgan fingerprint density at radius 3 is 2.29 bits per heavy atom. The molecule has 1 aromatic heterocycles. The van der Waals surface area contributed by atoms with Crippen molar-refractivity contribution in [3.63, 3.8) is 0 Å². The summed E-state index contributed by atoms with van der Waals surface area (Å²) in [5.41, 5.74) is 2.02. The summed E-state index contributed by atoms with van der Waals surface area (Å²) in [5.74, 6) is 0.456. The molecule has 0 atom stereocenters. The number of oxime groups is 1. The number of anilines is 1. The van der Waals surface area contributed by atoms with Gasteiger partial charge in [0.1, 0.15) is 12.0 Å². The zero-order valence-electron chi connectivity index (χ0n) is 17.1. The van der Waals surface area contributed by atoms with Gasteiger partial charge in [-0.2, -0.15) is 4.98 Å². The van der Waals surface area contributed by atoms with Gasteiger partial charge in [0.05, 0.1) is 19.0 Å². The molecule has 1 aromatic carbocycles. The average molecular weight is 404 g/mol. The molecule has 152 valence electrons. The van der Waals surface area contributed by atoms with Gasteiger partial charge in [0, 0.05) is 18.8 Å². The molecule has 2 aromatic rings. The van der Waals surface area contributed by atoms with Crippen molar-refractivity contribution < 1.29 is 9.57 Å². The summed E-state index contributed by atoms with van der Waals surface area (Å²) in [4.78, 5) is 12.2. The number of nitrogens with zero attached hydrogens (tertiary/aromatic N) is 5. The van der Waals surface area contributed by atoms with Crippen molar-refractivity contribution in [3.8, 4) is 5.88 Å². The van der Waals surface area contributed by atoms with Gasteiger partial charge in [-0.05, 0) is 37.1 Å². The molecule has 0 radical (unpaired) electrons. The largest absolute Gasteiger partial charge is 0.480 e. The Balaban J connectivity index is 2.08. The van der Waals surface area contributed by atoms with E-state index in [0.29, 0.717) is 11.0 Å². The first-order valence-corrected chi connectivity index (χ1v) is 10.4. The molecule has 0 amide bonds. The average Bonchev–Trinajstić information content (AvgIpc) is 3.13. The summed E-state index contributed by atoms with van der Waals surface area (Å²) in [6.45, 7) is 6.62. The van der Waals surface area contributed by atoms with Gasteiger partial charge in [-0.25, -0.2) is 0 Å². The van der Waals surface area contributed by atoms with Crippen molar-refractivity contribution in [2.75, 3.05) is 32.2 Å². The minimum Gasteiger partial charge on any atom is -0.480 e. The van der Waals surface area contributed by atoms with Crippen LogP contribution in [0.3, 0.4) is 0 Å². The van der Waals surface area contributed by atoms with E-state index in [4.69, 9.17) is 9.57 Å². The maximum Gasteiger partial charge on any atom is 0.235 e. The van der Waals surface area contributed by atoms with Crippen LogP contribution in [0.1, 0.15) is 44.4 Å². The number of thiazole rings is 1. The number of hydrogen-bond acceptors (Lipinski definition) is 8. The number of aromatic nitrogens is 1. The van der Waals surface area contributed by atoms with Crippen LogP contribution in [0.25, 0.3) is 0 Å². The highest BCUT2D eigenvalue weighted by atomic mass is 32.1. The topological polar surface area (TPSA) is 71.7 Å². The zero-order valence-corrected chi connectivity index (χ0v) is 17.9. The third-order valence-electron chi connectivity index (χ3n) is 4.11. The Bertz CT molecular complexity index is 750. The Hall–Kier alpha value is -2.48. The molecular weight excluding hydrogens is 374 g/mol. The minimum atomic E-state index is 0.456. The lowest BCUT2D eigenvalue weighted by molar-refractivity contribution is 0.215. The van der Waals surface area contributed by atoms with Gasteiger partial charge >= 0.3 is 0 Å². The molecule has 0 bridgehead atoms. The van der Waals surface area contributed by atoms with Gasteiger partial charge in [0.25, 0.3) is 0 Å². The van der Waals surface area contributed by atoms with Gasteiger partial charge in [-0.15, -0.1) is 10.2 Å². The van der Waals surface area contributed by atoms with Gasteiger partial charge in [0.2, 0.25) is 11.0 Å². The third kappa shape index (κ3) is 6.60. The van der Waals surface area contributed by atoms with Crippen LogP contribution in [0, 0.1) is 0 Å². The maximum absolute atomic E-state index is 5.23. The molecule has 28 heavy (non-hydrogen) atoms. The summed E-state index contributed by atoms with van der Waals surface area (Å²) in [7, 11) is 3.04. The summed E-state index contributed by atoms with van der Waals surface area (Å²) in [6, 6.07) is 8.20. The van der Waals surface area contributed by atoms with Crippen LogP contribution in [-0.4, -0.2) is 38.5 Å². The van der Waals surface area contributed by atoms with Crippen LogP contribution in [0.2, 0.25) is 0 Å². The van der Waals surface area contributed by atoms with E-state index in [1.54, 1.807) is 13.3 Å². The van der Waals surface area contributed by atoms with Gasteiger partial charge in [0.15, 0.2) is 0 Å². The Kier molecular flexibility index (Phi) is 9.41.